The highest BCUT2D eigenvalue weighted by Gasteiger charge is 2.28. The Morgan fingerprint density at radius 3 is 2.53 bits per heavy atom. The average molecular weight is 282 g/mol. The fourth-order valence-corrected chi connectivity index (χ4v) is 3.73. The number of hydrogen-bond acceptors (Lipinski definition) is 5. The number of aryl methyl sites for hydroxylation is 1. The van der Waals surface area contributed by atoms with Gasteiger partial charge in [0.1, 0.15) is 16.0 Å². The molecule has 106 valence electrons. The normalized spacial score (nSPS) is 27.3. The highest BCUT2D eigenvalue weighted by atomic mass is 32.1. The number of ether oxygens (including phenoxy) is 1. The molecule has 1 heterocycles. The number of thiazole rings is 1. The maximum atomic E-state index is 12.2. The van der Waals surface area contributed by atoms with Crippen LogP contribution in [-0.2, 0) is 11.3 Å². The van der Waals surface area contributed by atoms with E-state index in [1.54, 1.807) is 0 Å². The fraction of sp³-hybridized carbons (Fsp3) is 0.714. The Labute approximate surface area is 118 Å². The zero-order valence-corrected chi connectivity index (χ0v) is 12.6. The second-order valence-corrected chi connectivity index (χ2v) is 6.75. The largest absolute Gasteiger partial charge is 0.458 e. The van der Waals surface area contributed by atoms with Crippen molar-refractivity contribution in [2.24, 2.45) is 17.6 Å². The smallest absolute Gasteiger partial charge is 0.350 e. The zero-order valence-electron chi connectivity index (χ0n) is 11.8. The summed E-state index contributed by atoms with van der Waals surface area (Å²) in [7, 11) is 0. The lowest BCUT2D eigenvalue weighted by Gasteiger charge is -2.30. The third-order valence-electron chi connectivity index (χ3n) is 3.61. The second kappa shape index (κ2) is 6.01. The first kappa shape index (κ1) is 14.5. The number of carbonyl (C=O) groups is 1. The molecule has 0 radical (unpaired) electrons. The Balaban J connectivity index is 2.02. The van der Waals surface area contributed by atoms with Crippen molar-refractivity contribution >= 4 is 17.3 Å². The minimum absolute atomic E-state index is 0.0501. The summed E-state index contributed by atoms with van der Waals surface area (Å²) in [5, 5.41) is 0.787. The van der Waals surface area contributed by atoms with E-state index in [-0.39, 0.29) is 12.1 Å². The quantitative estimate of drug-likeness (QED) is 0.866. The molecule has 19 heavy (non-hydrogen) atoms. The van der Waals surface area contributed by atoms with Crippen molar-refractivity contribution in [3.05, 3.63) is 15.6 Å². The summed E-state index contributed by atoms with van der Waals surface area (Å²) in [6, 6.07) is 0. The van der Waals surface area contributed by atoms with Gasteiger partial charge in [0.15, 0.2) is 0 Å². The first-order valence-electron chi connectivity index (χ1n) is 6.87. The maximum absolute atomic E-state index is 12.2. The van der Waals surface area contributed by atoms with Crippen LogP contribution in [0.2, 0.25) is 0 Å². The maximum Gasteiger partial charge on any atom is 0.350 e. The van der Waals surface area contributed by atoms with Gasteiger partial charge in [-0.25, -0.2) is 9.78 Å². The topological polar surface area (TPSA) is 65.2 Å². The molecule has 4 nitrogen and oxygen atoms in total. The molecule has 1 aromatic rings. The van der Waals surface area contributed by atoms with Crippen LogP contribution in [0.15, 0.2) is 0 Å². The van der Waals surface area contributed by atoms with E-state index in [2.05, 4.69) is 18.8 Å². The van der Waals surface area contributed by atoms with Gasteiger partial charge in [0.25, 0.3) is 0 Å². The van der Waals surface area contributed by atoms with Gasteiger partial charge in [-0.1, -0.05) is 13.8 Å². The number of hydrogen-bond donors (Lipinski definition) is 1. The summed E-state index contributed by atoms with van der Waals surface area (Å²) in [5.41, 5.74) is 6.28. The van der Waals surface area contributed by atoms with Crippen LogP contribution in [0.1, 0.15) is 53.5 Å². The number of aromatic nitrogens is 1. The van der Waals surface area contributed by atoms with E-state index < -0.39 is 0 Å². The lowest BCUT2D eigenvalue weighted by Crippen LogP contribution is -2.28. The summed E-state index contributed by atoms with van der Waals surface area (Å²) in [6.07, 6.45) is 3.22. The third-order valence-corrected chi connectivity index (χ3v) is 4.77. The highest BCUT2D eigenvalue weighted by molar-refractivity contribution is 7.13. The van der Waals surface area contributed by atoms with E-state index in [1.807, 2.05) is 6.92 Å². The van der Waals surface area contributed by atoms with Gasteiger partial charge >= 0.3 is 5.97 Å². The van der Waals surface area contributed by atoms with Gasteiger partial charge in [0, 0.05) is 6.54 Å². The van der Waals surface area contributed by atoms with Crippen molar-refractivity contribution in [2.45, 2.75) is 52.7 Å². The Bertz CT molecular complexity index is 448. The SMILES string of the molecule is Cc1nc(CN)sc1C(=O)OC1CC(C)CC(C)C1. The first-order valence-corrected chi connectivity index (χ1v) is 7.68. The Morgan fingerprint density at radius 2 is 2.00 bits per heavy atom. The van der Waals surface area contributed by atoms with Crippen molar-refractivity contribution in [3.63, 3.8) is 0 Å². The molecule has 1 aliphatic rings. The predicted octanol–water partition coefficient (Wildman–Crippen LogP) is 2.89. The molecule has 1 aliphatic carbocycles. The van der Waals surface area contributed by atoms with Crippen LogP contribution >= 0.6 is 11.3 Å². The monoisotopic (exact) mass is 282 g/mol. The second-order valence-electron chi connectivity index (χ2n) is 5.67. The molecular weight excluding hydrogens is 260 g/mol. The van der Waals surface area contributed by atoms with E-state index in [9.17, 15) is 4.79 Å². The van der Waals surface area contributed by atoms with Crippen LogP contribution in [0, 0.1) is 18.8 Å². The van der Waals surface area contributed by atoms with Crippen molar-refractivity contribution in [2.75, 3.05) is 0 Å². The molecule has 2 N–H and O–H groups in total. The Hall–Kier alpha value is -0.940. The Morgan fingerprint density at radius 1 is 1.37 bits per heavy atom. The van der Waals surface area contributed by atoms with Gasteiger partial charge in [0.2, 0.25) is 0 Å². The zero-order chi connectivity index (χ0) is 14.0. The molecule has 1 aromatic heterocycles. The van der Waals surface area contributed by atoms with Gasteiger partial charge in [-0.2, -0.15) is 0 Å². The molecule has 1 saturated carbocycles. The van der Waals surface area contributed by atoms with E-state index in [4.69, 9.17) is 10.5 Å². The van der Waals surface area contributed by atoms with E-state index in [0.717, 1.165) is 23.5 Å². The van der Waals surface area contributed by atoms with Gasteiger partial charge in [-0.3, -0.25) is 0 Å². The molecule has 5 heteroatoms. The van der Waals surface area contributed by atoms with Gasteiger partial charge < -0.3 is 10.5 Å². The van der Waals surface area contributed by atoms with Crippen LogP contribution in [0.25, 0.3) is 0 Å². The minimum atomic E-state index is -0.235. The number of rotatable bonds is 3. The fourth-order valence-electron chi connectivity index (χ4n) is 2.90. The van der Waals surface area contributed by atoms with Crippen molar-refractivity contribution in [1.29, 1.82) is 0 Å². The van der Waals surface area contributed by atoms with Gasteiger partial charge in [-0.05, 0) is 38.0 Å². The summed E-state index contributed by atoms with van der Waals surface area (Å²) in [4.78, 5) is 17.1. The molecular formula is C14H22N2O2S. The third kappa shape index (κ3) is 3.54. The summed E-state index contributed by atoms with van der Waals surface area (Å²) in [6.45, 7) is 6.65. The van der Waals surface area contributed by atoms with Crippen molar-refractivity contribution in [3.8, 4) is 0 Å². The van der Waals surface area contributed by atoms with E-state index in [0.29, 0.717) is 23.3 Å². The average Bonchev–Trinajstić information content (AvgIpc) is 2.69. The summed E-state index contributed by atoms with van der Waals surface area (Å²) >= 11 is 1.35. The molecule has 0 spiro atoms. The molecule has 2 rings (SSSR count). The first-order chi connectivity index (χ1) is 8.99. The predicted molar refractivity (Wildman–Crippen MR) is 76.1 cm³/mol. The number of nitrogens with two attached hydrogens (primary N) is 1. The summed E-state index contributed by atoms with van der Waals surface area (Å²) in [5.74, 6) is 1.02. The van der Waals surface area contributed by atoms with Crippen LogP contribution in [0.3, 0.4) is 0 Å². The molecule has 0 aromatic carbocycles. The van der Waals surface area contributed by atoms with Crippen molar-refractivity contribution in [1.82, 2.24) is 4.98 Å². The number of carbonyl (C=O) groups excluding carboxylic acids is 1. The molecule has 1 fully saturated rings. The lowest BCUT2D eigenvalue weighted by atomic mass is 9.82. The van der Waals surface area contributed by atoms with E-state index >= 15 is 0 Å². The molecule has 0 saturated heterocycles. The molecule has 2 unspecified atom stereocenters. The standard InChI is InChI=1S/C14H22N2O2S/c1-8-4-9(2)6-11(5-8)18-14(17)13-10(3)16-12(7-15)19-13/h8-9,11H,4-7,15H2,1-3H3. The van der Waals surface area contributed by atoms with Gasteiger partial charge in [0.05, 0.1) is 5.69 Å². The van der Waals surface area contributed by atoms with Crippen molar-refractivity contribution < 1.29 is 9.53 Å². The number of esters is 1. The van der Waals surface area contributed by atoms with E-state index in [1.165, 1.54) is 17.8 Å². The lowest BCUT2D eigenvalue weighted by molar-refractivity contribution is 0.00848. The van der Waals surface area contributed by atoms with Crippen LogP contribution in [0.4, 0.5) is 0 Å². The molecule has 0 bridgehead atoms. The van der Waals surface area contributed by atoms with Crippen LogP contribution < -0.4 is 5.73 Å². The van der Waals surface area contributed by atoms with Crippen LogP contribution in [-0.4, -0.2) is 17.1 Å². The van der Waals surface area contributed by atoms with Gasteiger partial charge in [-0.15, -0.1) is 11.3 Å². The number of nitrogens with zero attached hydrogens (tertiary/aromatic N) is 1. The Kier molecular flexibility index (Phi) is 4.58. The minimum Gasteiger partial charge on any atom is -0.458 e. The highest BCUT2D eigenvalue weighted by Crippen LogP contribution is 2.31. The van der Waals surface area contributed by atoms with Crippen LogP contribution in [0.5, 0.6) is 0 Å². The molecule has 2 atom stereocenters. The molecule has 0 aliphatic heterocycles. The molecule has 0 amide bonds. The summed E-state index contributed by atoms with van der Waals surface area (Å²) < 4.78 is 5.65.